The molecule has 1 aromatic carbocycles. The molecule has 0 saturated heterocycles. The van der Waals surface area contributed by atoms with Crippen LogP contribution in [-0.2, 0) is 0 Å². The number of aromatic nitrogens is 1. The molecule has 2 rings (SSSR count). The van der Waals surface area contributed by atoms with Crippen LogP contribution in [0.3, 0.4) is 0 Å². The first kappa shape index (κ1) is 10.4. The van der Waals surface area contributed by atoms with Crippen molar-refractivity contribution in [2.75, 3.05) is 0 Å². The van der Waals surface area contributed by atoms with E-state index in [4.69, 9.17) is 5.26 Å². The molecule has 0 N–H and O–H groups in total. The Morgan fingerprint density at radius 3 is 2.62 bits per heavy atom. The van der Waals surface area contributed by atoms with Crippen molar-refractivity contribution in [3.63, 3.8) is 0 Å². The number of benzene rings is 1. The van der Waals surface area contributed by atoms with Gasteiger partial charge in [0, 0.05) is 11.8 Å². The predicted molar refractivity (Wildman–Crippen MR) is 63.6 cm³/mol. The molecule has 0 saturated carbocycles. The zero-order valence-electron chi connectivity index (χ0n) is 9.07. The fourth-order valence-corrected chi connectivity index (χ4v) is 1.46. The van der Waals surface area contributed by atoms with Gasteiger partial charge in [-0.2, -0.15) is 5.26 Å². The van der Waals surface area contributed by atoms with Gasteiger partial charge in [-0.05, 0) is 43.2 Å². The molecule has 0 aliphatic heterocycles. The van der Waals surface area contributed by atoms with Crippen LogP contribution >= 0.6 is 0 Å². The highest BCUT2D eigenvalue weighted by Crippen LogP contribution is 2.20. The third-order valence-corrected chi connectivity index (χ3v) is 2.54. The summed E-state index contributed by atoms with van der Waals surface area (Å²) in [6, 6.07) is 11.7. The van der Waals surface area contributed by atoms with Crippen molar-refractivity contribution in [2.24, 2.45) is 0 Å². The topological polar surface area (TPSA) is 36.7 Å². The van der Waals surface area contributed by atoms with Crippen molar-refractivity contribution < 1.29 is 0 Å². The Kier molecular flexibility index (Phi) is 2.70. The standard InChI is InChI=1S/C14H11N2/c1-10-3-5-13(7-11(10)2)14-6-4-12(8-15)9-16-14/h3-7,9H,2H2,1H3. The van der Waals surface area contributed by atoms with Gasteiger partial charge in [-0.25, -0.2) is 0 Å². The molecule has 1 aromatic heterocycles. The van der Waals surface area contributed by atoms with Crippen molar-refractivity contribution in [1.82, 2.24) is 4.98 Å². The summed E-state index contributed by atoms with van der Waals surface area (Å²) in [5, 5.41) is 8.68. The zero-order valence-corrected chi connectivity index (χ0v) is 9.07. The first-order valence-corrected chi connectivity index (χ1v) is 5.00. The molecule has 1 radical (unpaired) electrons. The lowest BCUT2D eigenvalue weighted by molar-refractivity contribution is 1.29. The van der Waals surface area contributed by atoms with E-state index < -0.39 is 0 Å². The quantitative estimate of drug-likeness (QED) is 0.720. The molecule has 0 unspecified atom stereocenters. The summed E-state index contributed by atoms with van der Waals surface area (Å²) in [5.41, 5.74) is 4.63. The predicted octanol–water partition coefficient (Wildman–Crippen LogP) is 3.11. The molecule has 0 fully saturated rings. The normalized spacial score (nSPS) is 9.81. The molecular weight excluding hydrogens is 196 g/mol. The smallest absolute Gasteiger partial charge is 0.101 e. The average molecular weight is 207 g/mol. The van der Waals surface area contributed by atoms with Crippen LogP contribution in [0.4, 0.5) is 0 Å². The Morgan fingerprint density at radius 1 is 1.25 bits per heavy atom. The number of hydrogen-bond donors (Lipinski definition) is 0. The molecule has 0 spiro atoms. The van der Waals surface area contributed by atoms with E-state index in [-0.39, 0.29) is 0 Å². The fourth-order valence-electron chi connectivity index (χ4n) is 1.46. The first-order chi connectivity index (χ1) is 7.70. The molecule has 0 atom stereocenters. The van der Waals surface area contributed by atoms with E-state index in [0.29, 0.717) is 5.56 Å². The molecule has 0 bridgehead atoms. The highest BCUT2D eigenvalue weighted by Gasteiger charge is 2.01. The molecular formula is C14H11N2. The van der Waals surface area contributed by atoms with E-state index in [1.54, 1.807) is 12.3 Å². The third kappa shape index (κ3) is 1.94. The van der Waals surface area contributed by atoms with Crippen LogP contribution < -0.4 is 0 Å². The van der Waals surface area contributed by atoms with Gasteiger partial charge in [-0.1, -0.05) is 12.1 Å². The molecule has 0 aliphatic rings. The summed E-state index contributed by atoms with van der Waals surface area (Å²) in [7, 11) is 0. The second kappa shape index (κ2) is 4.16. The molecule has 2 aromatic rings. The lowest BCUT2D eigenvalue weighted by Crippen LogP contribution is -1.87. The monoisotopic (exact) mass is 207 g/mol. The Labute approximate surface area is 95.2 Å². The minimum atomic E-state index is 0.575. The van der Waals surface area contributed by atoms with E-state index in [2.05, 4.69) is 18.0 Å². The van der Waals surface area contributed by atoms with Crippen LogP contribution in [0.15, 0.2) is 36.5 Å². The maximum Gasteiger partial charge on any atom is 0.101 e. The molecule has 0 amide bonds. The number of aryl methyl sites for hydroxylation is 1. The SMILES string of the molecule is [CH2]c1cc(-c2ccc(C#N)cn2)ccc1C. The molecule has 1 heterocycles. The minimum Gasteiger partial charge on any atom is -0.255 e. The summed E-state index contributed by atoms with van der Waals surface area (Å²) in [6.45, 7) is 5.99. The maximum absolute atomic E-state index is 8.68. The Morgan fingerprint density at radius 2 is 2.06 bits per heavy atom. The maximum atomic E-state index is 8.68. The van der Waals surface area contributed by atoms with Crippen LogP contribution in [0.1, 0.15) is 16.7 Å². The van der Waals surface area contributed by atoms with Gasteiger partial charge < -0.3 is 0 Å². The zero-order chi connectivity index (χ0) is 11.5. The Hall–Kier alpha value is -2.14. The number of nitrogens with zero attached hydrogens (tertiary/aromatic N) is 2. The molecule has 0 aliphatic carbocycles. The number of rotatable bonds is 1. The first-order valence-electron chi connectivity index (χ1n) is 5.00. The van der Waals surface area contributed by atoms with Gasteiger partial charge >= 0.3 is 0 Å². The second-order valence-corrected chi connectivity index (χ2v) is 3.69. The van der Waals surface area contributed by atoms with Crippen LogP contribution in [0.5, 0.6) is 0 Å². The third-order valence-electron chi connectivity index (χ3n) is 2.54. The van der Waals surface area contributed by atoms with Gasteiger partial charge in [0.1, 0.15) is 6.07 Å². The van der Waals surface area contributed by atoms with Gasteiger partial charge in [0.2, 0.25) is 0 Å². The summed E-state index contributed by atoms with van der Waals surface area (Å²) in [4.78, 5) is 4.24. The van der Waals surface area contributed by atoms with Crippen molar-refractivity contribution in [2.45, 2.75) is 6.92 Å². The minimum absolute atomic E-state index is 0.575. The van der Waals surface area contributed by atoms with Gasteiger partial charge in [-0.3, -0.25) is 4.98 Å². The average Bonchev–Trinajstić information content (AvgIpc) is 2.33. The summed E-state index contributed by atoms with van der Waals surface area (Å²) in [6.07, 6.45) is 1.58. The van der Waals surface area contributed by atoms with Crippen molar-refractivity contribution >= 4 is 0 Å². The van der Waals surface area contributed by atoms with Gasteiger partial charge in [0.25, 0.3) is 0 Å². The second-order valence-electron chi connectivity index (χ2n) is 3.69. The highest BCUT2D eigenvalue weighted by molar-refractivity contribution is 5.61. The summed E-state index contributed by atoms with van der Waals surface area (Å²) >= 11 is 0. The van der Waals surface area contributed by atoms with Crippen LogP contribution in [0, 0.1) is 25.2 Å². The lowest BCUT2D eigenvalue weighted by Gasteiger charge is -2.04. The molecule has 2 heteroatoms. The number of hydrogen-bond acceptors (Lipinski definition) is 2. The van der Waals surface area contributed by atoms with Crippen molar-refractivity contribution in [3.8, 4) is 17.3 Å². The summed E-state index contributed by atoms with van der Waals surface area (Å²) < 4.78 is 0. The number of pyridine rings is 1. The molecule has 77 valence electrons. The number of nitriles is 1. The van der Waals surface area contributed by atoms with Crippen molar-refractivity contribution in [3.05, 3.63) is 60.1 Å². The Balaban J connectivity index is 2.43. The van der Waals surface area contributed by atoms with E-state index in [1.165, 1.54) is 0 Å². The van der Waals surface area contributed by atoms with Gasteiger partial charge in [0.15, 0.2) is 0 Å². The molecule has 2 nitrogen and oxygen atoms in total. The fraction of sp³-hybridized carbons (Fsp3) is 0.0714. The summed E-state index contributed by atoms with van der Waals surface area (Å²) in [5.74, 6) is 0. The van der Waals surface area contributed by atoms with Gasteiger partial charge in [0.05, 0.1) is 11.3 Å². The lowest BCUT2D eigenvalue weighted by atomic mass is 10.0. The highest BCUT2D eigenvalue weighted by atomic mass is 14.7. The van der Waals surface area contributed by atoms with Crippen LogP contribution in [0.25, 0.3) is 11.3 Å². The van der Waals surface area contributed by atoms with E-state index in [9.17, 15) is 0 Å². The van der Waals surface area contributed by atoms with Crippen molar-refractivity contribution in [1.29, 1.82) is 5.26 Å². The van der Waals surface area contributed by atoms with E-state index in [0.717, 1.165) is 22.4 Å². The van der Waals surface area contributed by atoms with E-state index in [1.807, 2.05) is 31.2 Å². The van der Waals surface area contributed by atoms with E-state index >= 15 is 0 Å². The van der Waals surface area contributed by atoms with Gasteiger partial charge in [-0.15, -0.1) is 0 Å². The van der Waals surface area contributed by atoms with Crippen LogP contribution in [-0.4, -0.2) is 4.98 Å². The molecule has 16 heavy (non-hydrogen) atoms. The Bertz CT molecular complexity index is 548. The van der Waals surface area contributed by atoms with Crippen LogP contribution in [0.2, 0.25) is 0 Å². The largest absolute Gasteiger partial charge is 0.255 e.